The first kappa shape index (κ1) is 23.8. The summed E-state index contributed by atoms with van der Waals surface area (Å²) in [6.45, 7) is 4.05. The molecule has 0 saturated carbocycles. The number of benzene rings is 2. The van der Waals surface area contributed by atoms with Crippen LogP contribution in [0.4, 0.5) is 16.2 Å². The van der Waals surface area contributed by atoms with Gasteiger partial charge in [-0.1, -0.05) is 30.3 Å². The largest absolute Gasteiger partial charge is 0.466 e. The minimum absolute atomic E-state index is 0.0558. The highest BCUT2D eigenvalue weighted by Crippen LogP contribution is 2.27. The van der Waals surface area contributed by atoms with E-state index in [1.807, 2.05) is 52.3 Å². The first-order valence-electron chi connectivity index (χ1n) is 12.2. The number of nitrogens with one attached hydrogen (secondary N) is 1. The number of rotatable bonds is 5. The lowest BCUT2D eigenvalue weighted by Gasteiger charge is -2.31. The summed E-state index contributed by atoms with van der Waals surface area (Å²) in [5.74, 6) is -0.209. The van der Waals surface area contributed by atoms with E-state index in [-0.39, 0.29) is 23.8 Å². The number of para-hydroxylation sites is 1. The number of aryl methyl sites for hydroxylation is 1. The number of carbonyl (C=O) groups excluding carboxylic acids is 3. The minimum atomic E-state index is -0.157. The summed E-state index contributed by atoms with van der Waals surface area (Å²) >= 11 is 0. The van der Waals surface area contributed by atoms with Gasteiger partial charge in [-0.25, -0.2) is 4.79 Å². The molecule has 0 bridgehead atoms. The molecular weight excluding hydrogens is 430 g/mol. The summed E-state index contributed by atoms with van der Waals surface area (Å²) in [4.78, 5) is 41.2. The molecule has 2 aromatic carbocycles. The molecule has 7 heteroatoms. The Morgan fingerprint density at radius 2 is 1.71 bits per heavy atom. The average molecular weight is 464 g/mol. The number of likely N-dealkylation sites (tertiary alicyclic amines) is 1. The van der Waals surface area contributed by atoms with Crippen molar-refractivity contribution in [3.05, 3.63) is 59.7 Å². The molecule has 1 N–H and O–H groups in total. The van der Waals surface area contributed by atoms with E-state index in [2.05, 4.69) is 11.4 Å². The van der Waals surface area contributed by atoms with Gasteiger partial charge in [0.05, 0.1) is 18.9 Å². The van der Waals surface area contributed by atoms with E-state index in [1.54, 1.807) is 6.92 Å². The van der Waals surface area contributed by atoms with Gasteiger partial charge in [0.25, 0.3) is 0 Å². The normalized spacial score (nSPS) is 16.4. The Hall–Kier alpha value is -3.35. The van der Waals surface area contributed by atoms with Gasteiger partial charge in [-0.15, -0.1) is 0 Å². The van der Waals surface area contributed by atoms with Crippen LogP contribution in [0.3, 0.4) is 0 Å². The third-order valence-electron chi connectivity index (χ3n) is 6.63. The van der Waals surface area contributed by atoms with Crippen LogP contribution in [0.15, 0.2) is 48.5 Å². The van der Waals surface area contributed by atoms with Gasteiger partial charge >= 0.3 is 12.0 Å². The first-order chi connectivity index (χ1) is 16.5. The van der Waals surface area contributed by atoms with E-state index in [4.69, 9.17) is 4.74 Å². The monoisotopic (exact) mass is 463 g/mol. The van der Waals surface area contributed by atoms with Gasteiger partial charge < -0.3 is 15.0 Å². The van der Waals surface area contributed by atoms with Crippen LogP contribution in [0.25, 0.3) is 0 Å². The number of esters is 1. The van der Waals surface area contributed by atoms with E-state index in [1.165, 1.54) is 5.56 Å². The summed E-state index contributed by atoms with van der Waals surface area (Å²) in [7, 11) is 0. The number of hydrogen-bond donors (Lipinski definition) is 1. The Labute approximate surface area is 201 Å². The predicted octanol–water partition coefficient (Wildman–Crippen LogP) is 4.41. The van der Waals surface area contributed by atoms with Crippen LogP contribution in [-0.2, 0) is 27.2 Å². The van der Waals surface area contributed by atoms with E-state index in [9.17, 15) is 14.4 Å². The highest BCUT2D eigenvalue weighted by molar-refractivity contribution is 6.02. The fraction of sp³-hybridized carbons (Fsp3) is 0.444. The maximum atomic E-state index is 13.0. The van der Waals surface area contributed by atoms with Crippen molar-refractivity contribution in [3.8, 4) is 0 Å². The highest BCUT2D eigenvalue weighted by atomic mass is 16.5. The lowest BCUT2D eigenvalue weighted by Crippen LogP contribution is -2.41. The Kier molecular flexibility index (Phi) is 7.83. The molecule has 0 radical (unpaired) electrons. The predicted molar refractivity (Wildman–Crippen MR) is 132 cm³/mol. The third kappa shape index (κ3) is 5.76. The van der Waals surface area contributed by atoms with E-state index < -0.39 is 0 Å². The fourth-order valence-electron chi connectivity index (χ4n) is 4.71. The SMILES string of the molecule is CCOC(=O)C1CCN(C(=O)Cc2ccc(NC(=O)N3CCCCc4ccccc43)cc2)CC1. The lowest BCUT2D eigenvalue weighted by atomic mass is 9.96. The number of amides is 3. The number of ether oxygens (including phenoxy) is 1. The molecule has 3 amide bonds. The number of urea groups is 1. The van der Waals surface area contributed by atoms with Crippen LogP contribution in [0, 0.1) is 5.92 Å². The van der Waals surface area contributed by atoms with Crippen molar-refractivity contribution in [3.63, 3.8) is 0 Å². The molecule has 0 aliphatic carbocycles. The van der Waals surface area contributed by atoms with Crippen molar-refractivity contribution >= 4 is 29.3 Å². The quantitative estimate of drug-likeness (QED) is 0.667. The second-order valence-electron chi connectivity index (χ2n) is 8.95. The Bertz CT molecular complexity index is 1010. The molecule has 2 aliphatic rings. The van der Waals surface area contributed by atoms with Crippen molar-refractivity contribution in [1.82, 2.24) is 4.90 Å². The summed E-state index contributed by atoms with van der Waals surface area (Å²) in [6.07, 6.45) is 4.63. The number of nitrogens with zero attached hydrogens (tertiary/aromatic N) is 2. The molecule has 4 rings (SSSR count). The molecule has 1 fully saturated rings. The molecule has 0 atom stereocenters. The Morgan fingerprint density at radius 1 is 0.971 bits per heavy atom. The lowest BCUT2D eigenvalue weighted by molar-refractivity contribution is -0.151. The number of hydrogen-bond acceptors (Lipinski definition) is 4. The molecule has 2 aliphatic heterocycles. The molecule has 1 saturated heterocycles. The van der Waals surface area contributed by atoms with Crippen LogP contribution in [0.5, 0.6) is 0 Å². The van der Waals surface area contributed by atoms with Gasteiger partial charge in [0.1, 0.15) is 0 Å². The second kappa shape index (κ2) is 11.2. The fourth-order valence-corrected chi connectivity index (χ4v) is 4.71. The molecule has 7 nitrogen and oxygen atoms in total. The number of anilines is 2. The van der Waals surface area contributed by atoms with Crippen LogP contribution in [0.2, 0.25) is 0 Å². The summed E-state index contributed by atoms with van der Waals surface area (Å²) in [6, 6.07) is 15.4. The molecule has 0 unspecified atom stereocenters. The minimum Gasteiger partial charge on any atom is -0.466 e. The summed E-state index contributed by atoms with van der Waals surface area (Å²) < 4.78 is 5.10. The van der Waals surface area contributed by atoms with Crippen molar-refractivity contribution in [2.75, 3.05) is 36.5 Å². The molecule has 2 aromatic rings. The molecule has 0 spiro atoms. The van der Waals surface area contributed by atoms with Gasteiger partial charge in [0.15, 0.2) is 0 Å². The van der Waals surface area contributed by atoms with Crippen LogP contribution in [-0.4, -0.2) is 49.0 Å². The highest BCUT2D eigenvalue weighted by Gasteiger charge is 2.28. The molecule has 2 heterocycles. The maximum Gasteiger partial charge on any atom is 0.326 e. The number of fused-ring (bicyclic) bond motifs is 1. The first-order valence-corrected chi connectivity index (χ1v) is 12.2. The maximum absolute atomic E-state index is 13.0. The molecule has 0 aromatic heterocycles. The van der Waals surface area contributed by atoms with E-state index in [0.29, 0.717) is 51.2 Å². The van der Waals surface area contributed by atoms with Gasteiger partial charge in [0.2, 0.25) is 5.91 Å². The van der Waals surface area contributed by atoms with Crippen molar-refractivity contribution < 1.29 is 19.1 Å². The number of piperidine rings is 1. The Balaban J connectivity index is 1.30. The molecule has 180 valence electrons. The van der Waals surface area contributed by atoms with Crippen molar-refractivity contribution in [1.29, 1.82) is 0 Å². The molecular formula is C27H33N3O4. The zero-order chi connectivity index (χ0) is 23.9. The summed E-state index contributed by atoms with van der Waals surface area (Å²) in [5.41, 5.74) is 3.79. The molecule has 34 heavy (non-hydrogen) atoms. The number of carbonyl (C=O) groups is 3. The zero-order valence-corrected chi connectivity index (χ0v) is 19.8. The second-order valence-corrected chi connectivity index (χ2v) is 8.95. The van der Waals surface area contributed by atoms with Gasteiger partial charge in [-0.3, -0.25) is 14.5 Å². The zero-order valence-electron chi connectivity index (χ0n) is 19.8. The Morgan fingerprint density at radius 3 is 2.44 bits per heavy atom. The third-order valence-corrected chi connectivity index (χ3v) is 6.63. The van der Waals surface area contributed by atoms with E-state index in [0.717, 1.165) is 30.5 Å². The average Bonchev–Trinajstić information content (AvgIpc) is 3.08. The van der Waals surface area contributed by atoms with Crippen molar-refractivity contribution in [2.24, 2.45) is 5.92 Å². The van der Waals surface area contributed by atoms with E-state index >= 15 is 0 Å². The standard InChI is InChI=1S/C27H33N3O4/c1-2-34-26(32)22-14-17-29(18-15-22)25(31)19-20-10-12-23(13-11-20)28-27(33)30-16-6-5-8-21-7-3-4-9-24(21)30/h3-4,7,9-13,22H,2,5-6,8,14-19H2,1H3,(H,28,33). The van der Waals surface area contributed by atoms with Crippen molar-refractivity contribution in [2.45, 2.75) is 45.4 Å². The topological polar surface area (TPSA) is 79.0 Å². The van der Waals surface area contributed by atoms with Gasteiger partial charge in [-0.2, -0.15) is 0 Å². The summed E-state index contributed by atoms with van der Waals surface area (Å²) in [5, 5.41) is 3.00. The van der Waals surface area contributed by atoms with Gasteiger partial charge in [-0.05, 0) is 68.4 Å². The van der Waals surface area contributed by atoms with Crippen LogP contribution < -0.4 is 10.2 Å². The van der Waals surface area contributed by atoms with Crippen LogP contribution in [0.1, 0.15) is 43.7 Å². The van der Waals surface area contributed by atoms with Gasteiger partial charge in [0, 0.05) is 31.0 Å². The van der Waals surface area contributed by atoms with Crippen LogP contribution >= 0.6 is 0 Å². The smallest absolute Gasteiger partial charge is 0.326 e.